The lowest BCUT2D eigenvalue weighted by molar-refractivity contribution is 0.102. The predicted octanol–water partition coefficient (Wildman–Crippen LogP) is 3.97. The Morgan fingerprint density at radius 2 is 2.00 bits per heavy atom. The molecule has 0 atom stereocenters. The summed E-state index contributed by atoms with van der Waals surface area (Å²) in [5.41, 5.74) is 3.19. The van der Waals surface area contributed by atoms with Crippen molar-refractivity contribution in [2.24, 2.45) is 0 Å². The molecular weight excluding hydrogens is 336 g/mol. The van der Waals surface area contributed by atoms with E-state index in [-0.39, 0.29) is 5.91 Å². The Hall–Kier alpha value is -2.11. The maximum absolute atomic E-state index is 12.5. The van der Waals surface area contributed by atoms with Crippen LogP contribution in [-0.4, -0.2) is 43.0 Å². The van der Waals surface area contributed by atoms with Crippen molar-refractivity contribution in [2.75, 3.05) is 37.8 Å². The monoisotopic (exact) mass is 360 g/mol. The third-order valence-electron chi connectivity index (χ3n) is 3.78. The highest BCUT2D eigenvalue weighted by molar-refractivity contribution is 6.34. The molecule has 1 heterocycles. The second-order valence-electron chi connectivity index (χ2n) is 6.41. The lowest BCUT2D eigenvalue weighted by atomic mass is 10.1. The maximum atomic E-state index is 12.5. The molecule has 1 amide bonds. The smallest absolute Gasteiger partial charge is 0.255 e. The lowest BCUT2D eigenvalue weighted by Gasteiger charge is -2.13. The molecule has 134 valence electrons. The summed E-state index contributed by atoms with van der Waals surface area (Å²) in [6.07, 6.45) is 2.63. The van der Waals surface area contributed by atoms with E-state index in [9.17, 15) is 4.79 Å². The molecule has 2 rings (SSSR count). The molecule has 0 radical (unpaired) electrons. The van der Waals surface area contributed by atoms with Crippen LogP contribution in [0.15, 0.2) is 30.5 Å². The van der Waals surface area contributed by atoms with Crippen LogP contribution in [-0.2, 0) is 0 Å². The lowest BCUT2D eigenvalue weighted by Crippen LogP contribution is -2.17. The van der Waals surface area contributed by atoms with Crippen molar-refractivity contribution in [3.8, 4) is 0 Å². The van der Waals surface area contributed by atoms with Crippen molar-refractivity contribution in [1.82, 2.24) is 9.88 Å². The summed E-state index contributed by atoms with van der Waals surface area (Å²) in [6, 6.07) is 7.28. The normalized spacial score (nSPS) is 10.8. The zero-order chi connectivity index (χ0) is 18.4. The van der Waals surface area contributed by atoms with Gasteiger partial charge >= 0.3 is 0 Å². The van der Waals surface area contributed by atoms with Gasteiger partial charge in [0.1, 0.15) is 5.82 Å². The first-order valence-electron chi connectivity index (χ1n) is 8.29. The predicted molar refractivity (Wildman–Crippen MR) is 105 cm³/mol. The number of halogens is 1. The van der Waals surface area contributed by atoms with Crippen molar-refractivity contribution in [1.29, 1.82) is 0 Å². The van der Waals surface area contributed by atoms with E-state index < -0.39 is 0 Å². The first-order valence-corrected chi connectivity index (χ1v) is 8.67. The Kier molecular flexibility index (Phi) is 6.79. The number of nitrogens with one attached hydrogen (secondary N) is 2. The van der Waals surface area contributed by atoms with Gasteiger partial charge in [-0.05, 0) is 70.2 Å². The Bertz CT molecular complexity index is 723. The van der Waals surface area contributed by atoms with Crippen LogP contribution in [0.3, 0.4) is 0 Å². The Labute approximate surface area is 154 Å². The van der Waals surface area contributed by atoms with Crippen molar-refractivity contribution >= 4 is 29.0 Å². The second kappa shape index (κ2) is 8.83. The summed E-state index contributed by atoms with van der Waals surface area (Å²) in [6.45, 7) is 5.71. The fourth-order valence-corrected chi connectivity index (χ4v) is 2.91. The van der Waals surface area contributed by atoms with E-state index in [1.165, 1.54) is 0 Å². The molecule has 0 bridgehead atoms. The van der Waals surface area contributed by atoms with Crippen LogP contribution in [0.4, 0.5) is 11.5 Å². The van der Waals surface area contributed by atoms with E-state index in [1.54, 1.807) is 18.3 Å². The third-order valence-corrected chi connectivity index (χ3v) is 4.08. The molecule has 0 saturated heterocycles. The SMILES string of the molecule is Cc1cc(C)c(NC(=O)c2ccnc(NCCCN(C)C)c2)c(Cl)c1. The van der Waals surface area contributed by atoms with E-state index in [0.717, 1.165) is 30.6 Å². The van der Waals surface area contributed by atoms with E-state index in [4.69, 9.17) is 11.6 Å². The molecule has 0 aliphatic heterocycles. The van der Waals surface area contributed by atoms with Gasteiger partial charge in [0.2, 0.25) is 0 Å². The van der Waals surface area contributed by atoms with Gasteiger partial charge in [-0.2, -0.15) is 0 Å². The molecule has 0 fully saturated rings. The van der Waals surface area contributed by atoms with Crippen molar-refractivity contribution in [2.45, 2.75) is 20.3 Å². The number of hydrogen-bond acceptors (Lipinski definition) is 4. The van der Waals surface area contributed by atoms with Gasteiger partial charge in [-0.1, -0.05) is 17.7 Å². The third kappa shape index (κ3) is 5.73. The van der Waals surface area contributed by atoms with Crippen molar-refractivity contribution in [3.05, 3.63) is 52.2 Å². The molecule has 2 N–H and O–H groups in total. The average Bonchev–Trinajstić information content (AvgIpc) is 2.55. The Morgan fingerprint density at radius 1 is 1.24 bits per heavy atom. The van der Waals surface area contributed by atoms with Crippen LogP contribution in [0, 0.1) is 13.8 Å². The number of nitrogens with zero attached hydrogens (tertiary/aromatic N) is 2. The highest BCUT2D eigenvalue weighted by atomic mass is 35.5. The summed E-state index contributed by atoms with van der Waals surface area (Å²) in [5, 5.41) is 6.69. The Morgan fingerprint density at radius 3 is 2.68 bits per heavy atom. The van der Waals surface area contributed by atoms with E-state index in [0.29, 0.717) is 22.1 Å². The first-order chi connectivity index (χ1) is 11.9. The Balaban J connectivity index is 2.04. The van der Waals surface area contributed by atoms with Gasteiger partial charge in [-0.3, -0.25) is 4.79 Å². The van der Waals surface area contributed by atoms with E-state index in [2.05, 4.69) is 20.5 Å². The van der Waals surface area contributed by atoms with E-state index >= 15 is 0 Å². The topological polar surface area (TPSA) is 57.3 Å². The molecule has 1 aromatic heterocycles. The van der Waals surface area contributed by atoms with Gasteiger partial charge in [0.05, 0.1) is 10.7 Å². The number of amides is 1. The van der Waals surface area contributed by atoms with Crippen molar-refractivity contribution in [3.63, 3.8) is 0 Å². The standard InChI is InChI=1S/C19H25ClN4O/c1-13-10-14(2)18(16(20)11-13)23-19(25)15-6-8-22-17(12-15)21-7-5-9-24(3)4/h6,8,10-12H,5,7,9H2,1-4H3,(H,21,22)(H,23,25). The van der Waals surface area contributed by atoms with Gasteiger partial charge in [0.15, 0.2) is 0 Å². The second-order valence-corrected chi connectivity index (χ2v) is 6.81. The van der Waals surface area contributed by atoms with Gasteiger partial charge in [-0.25, -0.2) is 4.98 Å². The number of aromatic nitrogens is 1. The summed E-state index contributed by atoms with van der Waals surface area (Å²) >= 11 is 6.26. The molecule has 2 aromatic rings. The summed E-state index contributed by atoms with van der Waals surface area (Å²) < 4.78 is 0. The molecule has 5 nitrogen and oxygen atoms in total. The maximum Gasteiger partial charge on any atom is 0.255 e. The number of hydrogen-bond donors (Lipinski definition) is 2. The van der Waals surface area contributed by atoms with Crippen molar-refractivity contribution < 1.29 is 4.79 Å². The number of anilines is 2. The number of carbonyl (C=O) groups is 1. The molecule has 0 saturated carbocycles. The number of pyridine rings is 1. The largest absolute Gasteiger partial charge is 0.370 e. The number of carbonyl (C=O) groups excluding carboxylic acids is 1. The molecule has 1 aromatic carbocycles. The number of aryl methyl sites for hydroxylation is 2. The highest BCUT2D eigenvalue weighted by Crippen LogP contribution is 2.27. The molecule has 0 unspecified atom stereocenters. The van der Waals surface area contributed by atoms with Crippen LogP contribution in [0.25, 0.3) is 0 Å². The van der Waals surface area contributed by atoms with Crippen LogP contribution in [0.5, 0.6) is 0 Å². The fraction of sp³-hybridized carbons (Fsp3) is 0.368. The fourth-order valence-electron chi connectivity index (χ4n) is 2.54. The highest BCUT2D eigenvalue weighted by Gasteiger charge is 2.12. The first kappa shape index (κ1) is 19.2. The minimum Gasteiger partial charge on any atom is -0.370 e. The molecule has 0 spiro atoms. The molecule has 25 heavy (non-hydrogen) atoms. The summed E-state index contributed by atoms with van der Waals surface area (Å²) in [5.74, 6) is 0.491. The minimum absolute atomic E-state index is 0.201. The molecule has 0 aliphatic carbocycles. The summed E-state index contributed by atoms with van der Waals surface area (Å²) in [7, 11) is 4.09. The minimum atomic E-state index is -0.201. The number of rotatable bonds is 7. The summed E-state index contributed by atoms with van der Waals surface area (Å²) in [4.78, 5) is 18.9. The van der Waals surface area contributed by atoms with Gasteiger partial charge in [-0.15, -0.1) is 0 Å². The van der Waals surface area contributed by atoms with Crippen LogP contribution < -0.4 is 10.6 Å². The average molecular weight is 361 g/mol. The van der Waals surface area contributed by atoms with Gasteiger partial charge < -0.3 is 15.5 Å². The zero-order valence-electron chi connectivity index (χ0n) is 15.2. The molecule has 6 heteroatoms. The number of benzene rings is 1. The van der Waals surface area contributed by atoms with Gasteiger partial charge in [0.25, 0.3) is 5.91 Å². The van der Waals surface area contributed by atoms with Crippen LogP contribution >= 0.6 is 11.6 Å². The quantitative estimate of drug-likeness (QED) is 0.733. The van der Waals surface area contributed by atoms with Crippen LogP contribution in [0.2, 0.25) is 5.02 Å². The molecular formula is C19H25ClN4O. The molecule has 0 aliphatic rings. The van der Waals surface area contributed by atoms with Crippen LogP contribution in [0.1, 0.15) is 27.9 Å². The van der Waals surface area contributed by atoms with Gasteiger partial charge in [0, 0.05) is 18.3 Å². The van der Waals surface area contributed by atoms with E-state index in [1.807, 2.05) is 40.1 Å². The zero-order valence-corrected chi connectivity index (χ0v) is 15.9.